The molecule has 1 aromatic heterocycles. The first-order chi connectivity index (χ1) is 8.98. The van der Waals surface area contributed by atoms with Gasteiger partial charge < -0.3 is 4.98 Å². The van der Waals surface area contributed by atoms with Gasteiger partial charge in [0.2, 0.25) is 0 Å². The van der Waals surface area contributed by atoms with E-state index in [1.165, 1.54) is 10.6 Å². The molecule has 0 radical (unpaired) electrons. The molecule has 0 bridgehead atoms. The summed E-state index contributed by atoms with van der Waals surface area (Å²) in [7, 11) is -2.98. The lowest BCUT2D eigenvalue weighted by atomic mass is 10.1. The Bertz CT molecular complexity index is 777. The first-order valence-corrected chi connectivity index (χ1v) is 7.89. The highest BCUT2D eigenvalue weighted by Crippen LogP contribution is 2.26. The summed E-state index contributed by atoms with van der Waals surface area (Å²) >= 11 is 0. The average Bonchev–Trinajstić information content (AvgIpc) is 2.68. The van der Waals surface area contributed by atoms with E-state index in [1.54, 1.807) is 12.1 Å². The Labute approximate surface area is 109 Å². The van der Waals surface area contributed by atoms with Crippen molar-refractivity contribution < 1.29 is 12.8 Å². The van der Waals surface area contributed by atoms with Crippen molar-refractivity contribution in [2.75, 3.05) is 11.5 Å². The average molecular weight is 284 g/mol. The second-order valence-corrected chi connectivity index (χ2v) is 7.12. The van der Waals surface area contributed by atoms with Crippen molar-refractivity contribution in [3.63, 3.8) is 0 Å². The van der Waals surface area contributed by atoms with Gasteiger partial charge >= 0.3 is 5.69 Å². The van der Waals surface area contributed by atoms with Gasteiger partial charge in [0.15, 0.2) is 0 Å². The van der Waals surface area contributed by atoms with Crippen LogP contribution in [0, 0.1) is 5.82 Å². The van der Waals surface area contributed by atoms with E-state index in [1.807, 2.05) is 0 Å². The second kappa shape index (κ2) is 4.19. The fourth-order valence-corrected chi connectivity index (χ4v) is 4.08. The summed E-state index contributed by atoms with van der Waals surface area (Å²) in [5.41, 5.74) is 0.291. The summed E-state index contributed by atoms with van der Waals surface area (Å²) in [6.45, 7) is 0. The maximum absolute atomic E-state index is 13.6. The molecule has 3 rings (SSSR count). The van der Waals surface area contributed by atoms with Crippen LogP contribution in [0.4, 0.5) is 4.39 Å². The Morgan fingerprint density at radius 3 is 2.63 bits per heavy atom. The monoisotopic (exact) mass is 284 g/mol. The molecule has 102 valence electrons. The Kier molecular flexibility index (Phi) is 2.74. The molecule has 0 unspecified atom stereocenters. The number of fused-ring (bicyclic) bond motifs is 1. The first-order valence-electron chi connectivity index (χ1n) is 6.07. The Balaban J connectivity index is 2.09. The van der Waals surface area contributed by atoms with E-state index in [0.717, 1.165) is 0 Å². The molecule has 5 nitrogen and oxygen atoms in total. The lowest BCUT2D eigenvalue weighted by Crippen LogP contribution is -2.30. The molecule has 1 N–H and O–H groups in total. The minimum Gasteiger partial charge on any atom is -0.303 e. The van der Waals surface area contributed by atoms with Crippen LogP contribution in [-0.4, -0.2) is 29.5 Å². The van der Waals surface area contributed by atoms with Crippen LogP contribution in [-0.2, 0) is 9.84 Å². The molecule has 19 heavy (non-hydrogen) atoms. The number of sulfone groups is 1. The molecule has 1 fully saturated rings. The van der Waals surface area contributed by atoms with Crippen LogP contribution in [0.25, 0.3) is 11.0 Å². The molecule has 1 saturated heterocycles. The van der Waals surface area contributed by atoms with Crippen molar-refractivity contribution in [3.8, 4) is 0 Å². The zero-order chi connectivity index (χ0) is 13.6. The van der Waals surface area contributed by atoms with Gasteiger partial charge in [0.1, 0.15) is 21.2 Å². The van der Waals surface area contributed by atoms with Gasteiger partial charge in [-0.15, -0.1) is 0 Å². The standard InChI is InChI=1S/C12H13FN2O3S/c13-9-2-1-3-10-11(9)14-12(16)15(10)8-4-6-19(17,18)7-5-8/h1-3,8H,4-7H2,(H,14,16). The number of nitrogens with one attached hydrogen (secondary N) is 1. The predicted molar refractivity (Wildman–Crippen MR) is 69.4 cm³/mol. The van der Waals surface area contributed by atoms with Crippen LogP contribution in [0.3, 0.4) is 0 Å². The van der Waals surface area contributed by atoms with Gasteiger partial charge in [-0.25, -0.2) is 17.6 Å². The van der Waals surface area contributed by atoms with Crippen molar-refractivity contribution in [2.45, 2.75) is 18.9 Å². The topological polar surface area (TPSA) is 71.9 Å². The van der Waals surface area contributed by atoms with Gasteiger partial charge in [-0.05, 0) is 25.0 Å². The summed E-state index contributed by atoms with van der Waals surface area (Å²) in [6, 6.07) is 4.31. The lowest BCUT2D eigenvalue weighted by molar-refractivity contribution is 0.449. The third-order valence-corrected chi connectivity index (χ3v) is 5.31. The molecule has 0 atom stereocenters. The van der Waals surface area contributed by atoms with E-state index >= 15 is 0 Å². The quantitative estimate of drug-likeness (QED) is 0.855. The van der Waals surface area contributed by atoms with E-state index in [9.17, 15) is 17.6 Å². The minimum absolute atomic E-state index is 0.0755. The highest BCUT2D eigenvalue weighted by molar-refractivity contribution is 7.91. The molecule has 0 amide bonds. The SMILES string of the molecule is O=c1[nH]c2c(F)cccc2n1C1CCS(=O)(=O)CC1. The van der Waals surface area contributed by atoms with Crippen LogP contribution < -0.4 is 5.69 Å². The van der Waals surface area contributed by atoms with Crippen molar-refractivity contribution >= 4 is 20.9 Å². The largest absolute Gasteiger partial charge is 0.326 e. The maximum Gasteiger partial charge on any atom is 0.326 e. The summed E-state index contributed by atoms with van der Waals surface area (Å²) in [6.07, 6.45) is 0.789. The van der Waals surface area contributed by atoms with Gasteiger partial charge in [0, 0.05) is 6.04 Å². The summed E-state index contributed by atoms with van der Waals surface area (Å²) in [5, 5.41) is 0. The molecule has 0 spiro atoms. The minimum atomic E-state index is -2.98. The summed E-state index contributed by atoms with van der Waals surface area (Å²) < 4.78 is 37.9. The van der Waals surface area contributed by atoms with Crippen LogP contribution in [0.2, 0.25) is 0 Å². The Hall–Kier alpha value is -1.63. The van der Waals surface area contributed by atoms with Gasteiger partial charge in [-0.2, -0.15) is 0 Å². The lowest BCUT2D eigenvalue weighted by Gasteiger charge is -2.23. The number of aromatic amines is 1. The molecule has 7 heteroatoms. The fourth-order valence-electron chi connectivity index (χ4n) is 2.61. The number of hydrogen-bond donors (Lipinski definition) is 1. The predicted octanol–water partition coefficient (Wildman–Crippen LogP) is 1.22. The normalized spacial score (nSPS) is 19.8. The molecule has 1 aliphatic heterocycles. The Morgan fingerprint density at radius 2 is 1.95 bits per heavy atom. The highest BCUT2D eigenvalue weighted by Gasteiger charge is 2.27. The molecule has 1 aliphatic rings. The van der Waals surface area contributed by atoms with E-state index < -0.39 is 15.7 Å². The zero-order valence-corrected chi connectivity index (χ0v) is 10.9. The fraction of sp³-hybridized carbons (Fsp3) is 0.417. The van der Waals surface area contributed by atoms with Crippen LogP contribution in [0.5, 0.6) is 0 Å². The van der Waals surface area contributed by atoms with Crippen LogP contribution in [0.15, 0.2) is 23.0 Å². The molecule has 2 aromatic rings. The van der Waals surface area contributed by atoms with Crippen LogP contribution >= 0.6 is 0 Å². The van der Waals surface area contributed by atoms with Crippen molar-refractivity contribution in [3.05, 3.63) is 34.5 Å². The summed E-state index contributed by atoms with van der Waals surface area (Å²) in [4.78, 5) is 14.4. The second-order valence-electron chi connectivity index (χ2n) is 4.82. The molecular weight excluding hydrogens is 271 g/mol. The maximum atomic E-state index is 13.6. The van der Waals surface area contributed by atoms with E-state index in [2.05, 4.69) is 4.98 Å². The van der Waals surface area contributed by atoms with Gasteiger partial charge in [0.05, 0.1) is 17.0 Å². The van der Waals surface area contributed by atoms with Gasteiger partial charge in [0.25, 0.3) is 0 Å². The van der Waals surface area contributed by atoms with Gasteiger partial charge in [-0.3, -0.25) is 4.57 Å². The smallest absolute Gasteiger partial charge is 0.303 e. The zero-order valence-electron chi connectivity index (χ0n) is 10.1. The van der Waals surface area contributed by atoms with E-state index in [-0.39, 0.29) is 28.8 Å². The molecular formula is C12H13FN2O3S. The number of para-hydroxylation sites is 1. The molecule has 2 heterocycles. The number of H-pyrrole nitrogens is 1. The molecule has 0 saturated carbocycles. The number of aromatic nitrogens is 2. The Morgan fingerprint density at radius 1 is 1.26 bits per heavy atom. The number of rotatable bonds is 1. The van der Waals surface area contributed by atoms with Crippen molar-refractivity contribution in [1.82, 2.24) is 9.55 Å². The summed E-state index contributed by atoms with van der Waals surface area (Å²) in [5.74, 6) is -0.324. The van der Waals surface area contributed by atoms with Crippen LogP contribution in [0.1, 0.15) is 18.9 Å². The number of benzene rings is 1. The third kappa shape index (κ3) is 2.07. The van der Waals surface area contributed by atoms with Gasteiger partial charge in [-0.1, -0.05) is 6.07 Å². The highest BCUT2D eigenvalue weighted by atomic mass is 32.2. The van der Waals surface area contributed by atoms with E-state index in [4.69, 9.17) is 0 Å². The van der Waals surface area contributed by atoms with E-state index in [0.29, 0.717) is 18.4 Å². The number of nitrogens with zero attached hydrogens (tertiary/aromatic N) is 1. The molecule has 0 aliphatic carbocycles. The number of hydrogen-bond acceptors (Lipinski definition) is 3. The van der Waals surface area contributed by atoms with Crippen molar-refractivity contribution in [1.29, 1.82) is 0 Å². The number of imidazole rings is 1. The molecule has 1 aromatic carbocycles. The number of halogens is 1. The first kappa shape index (κ1) is 12.4. The third-order valence-electron chi connectivity index (χ3n) is 3.59. The van der Waals surface area contributed by atoms with Crippen molar-refractivity contribution in [2.24, 2.45) is 0 Å².